The van der Waals surface area contributed by atoms with Gasteiger partial charge in [-0.05, 0) is 48.2 Å². The molecule has 6 nitrogen and oxygen atoms in total. The van der Waals surface area contributed by atoms with Gasteiger partial charge in [0.05, 0.1) is 31.6 Å². The third-order valence-electron chi connectivity index (χ3n) is 5.47. The van der Waals surface area contributed by atoms with Gasteiger partial charge in [0.2, 0.25) is 5.91 Å². The number of benzene rings is 2. The fraction of sp³-hybridized carbons (Fsp3) is 0.364. The number of hydrogen-bond acceptors (Lipinski definition) is 5. The maximum atomic E-state index is 13.1. The number of halogens is 1. The van der Waals surface area contributed by atoms with Crippen LogP contribution in [0.5, 0.6) is 0 Å². The molecule has 1 amide bonds. The van der Waals surface area contributed by atoms with E-state index in [4.69, 9.17) is 9.47 Å². The Labute approximate surface area is 168 Å². The van der Waals surface area contributed by atoms with Crippen LogP contribution in [0.3, 0.4) is 0 Å². The van der Waals surface area contributed by atoms with Crippen LogP contribution in [-0.4, -0.2) is 45.3 Å². The zero-order valence-corrected chi connectivity index (χ0v) is 16.2. The molecule has 0 spiro atoms. The first-order valence-electron chi connectivity index (χ1n) is 9.68. The van der Waals surface area contributed by atoms with Crippen LogP contribution in [0, 0.1) is 11.7 Å². The van der Waals surface area contributed by atoms with Gasteiger partial charge in [-0.25, -0.2) is 9.18 Å². The van der Waals surface area contributed by atoms with Gasteiger partial charge in [-0.2, -0.15) is 0 Å². The van der Waals surface area contributed by atoms with E-state index in [9.17, 15) is 14.0 Å². The highest BCUT2D eigenvalue weighted by atomic mass is 19.1. The van der Waals surface area contributed by atoms with Crippen LogP contribution in [-0.2, 0) is 14.3 Å². The maximum absolute atomic E-state index is 13.1. The summed E-state index contributed by atoms with van der Waals surface area (Å²) in [4.78, 5) is 27.1. The molecule has 1 aliphatic carbocycles. The zero-order chi connectivity index (χ0) is 20.4. The van der Waals surface area contributed by atoms with E-state index >= 15 is 0 Å². The number of carbonyl (C=O) groups excluding carboxylic acids is 2. The Bertz CT molecular complexity index is 910. The third-order valence-corrected chi connectivity index (χ3v) is 5.47. The number of anilines is 2. The number of esters is 1. The molecule has 2 aromatic carbocycles. The summed E-state index contributed by atoms with van der Waals surface area (Å²) in [5.41, 5.74) is 2.59. The first-order chi connectivity index (χ1) is 14.1. The lowest BCUT2D eigenvalue weighted by Crippen LogP contribution is -2.36. The molecule has 2 atom stereocenters. The van der Waals surface area contributed by atoms with Gasteiger partial charge in [-0.1, -0.05) is 12.1 Å². The molecule has 1 N–H and O–H groups in total. The van der Waals surface area contributed by atoms with Gasteiger partial charge < -0.3 is 19.7 Å². The number of methoxy groups -OCH3 is 1. The van der Waals surface area contributed by atoms with Crippen LogP contribution in [0.15, 0.2) is 42.5 Å². The fourth-order valence-corrected chi connectivity index (χ4v) is 3.73. The van der Waals surface area contributed by atoms with Gasteiger partial charge in [0, 0.05) is 24.7 Å². The SMILES string of the molecule is COC(=O)c1cc(N2CCOCC2)ccc1NC(=O)C1CC1c1ccc(F)cc1. The van der Waals surface area contributed by atoms with E-state index in [0.29, 0.717) is 30.9 Å². The summed E-state index contributed by atoms with van der Waals surface area (Å²) in [5, 5.41) is 2.87. The predicted molar refractivity (Wildman–Crippen MR) is 107 cm³/mol. The van der Waals surface area contributed by atoms with Crippen molar-refractivity contribution in [3.63, 3.8) is 0 Å². The fourth-order valence-electron chi connectivity index (χ4n) is 3.73. The number of nitrogens with zero attached hydrogens (tertiary/aromatic N) is 1. The van der Waals surface area contributed by atoms with Crippen molar-refractivity contribution in [2.24, 2.45) is 5.92 Å². The van der Waals surface area contributed by atoms with Gasteiger partial charge in [0.25, 0.3) is 0 Å². The average molecular weight is 398 g/mol. The largest absolute Gasteiger partial charge is 0.465 e. The maximum Gasteiger partial charge on any atom is 0.340 e. The van der Waals surface area contributed by atoms with Crippen molar-refractivity contribution in [2.75, 3.05) is 43.6 Å². The molecule has 2 aromatic rings. The standard InChI is InChI=1S/C22H23FN2O4/c1-28-22(27)19-12-16(25-8-10-29-11-9-25)6-7-20(19)24-21(26)18-13-17(18)14-2-4-15(23)5-3-14/h2-7,12,17-18H,8-11,13H2,1H3,(H,24,26). The molecule has 2 unspecified atom stereocenters. The molecular weight excluding hydrogens is 375 g/mol. The van der Waals surface area contributed by atoms with Gasteiger partial charge in [0.15, 0.2) is 0 Å². The first-order valence-corrected chi connectivity index (χ1v) is 9.68. The minimum atomic E-state index is -0.499. The van der Waals surface area contributed by atoms with Crippen LogP contribution < -0.4 is 10.2 Å². The van der Waals surface area contributed by atoms with E-state index in [0.717, 1.165) is 24.3 Å². The second-order valence-electron chi connectivity index (χ2n) is 7.31. The smallest absolute Gasteiger partial charge is 0.340 e. The van der Waals surface area contributed by atoms with Crippen molar-refractivity contribution in [3.8, 4) is 0 Å². The van der Waals surface area contributed by atoms with E-state index in [2.05, 4.69) is 10.2 Å². The summed E-state index contributed by atoms with van der Waals surface area (Å²) in [7, 11) is 1.32. The Morgan fingerprint density at radius 1 is 1.14 bits per heavy atom. The van der Waals surface area contributed by atoms with Crippen molar-refractivity contribution >= 4 is 23.3 Å². The lowest BCUT2D eigenvalue weighted by atomic mass is 10.1. The minimum absolute atomic E-state index is 0.0739. The second-order valence-corrected chi connectivity index (χ2v) is 7.31. The van der Waals surface area contributed by atoms with Crippen LogP contribution in [0.1, 0.15) is 28.3 Å². The average Bonchev–Trinajstić information content (AvgIpc) is 3.56. The highest BCUT2D eigenvalue weighted by Gasteiger charge is 2.44. The molecule has 0 bridgehead atoms. The third kappa shape index (κ3) is 4.24. The Morgan fingerprint density at radius 3 is 2.55 bits per heavy atom. The van der Waals surface area contributed by atoms with Crippen molar-refractivity contribution in [2.45, 2.75) is 12.3 Å². The molecule has 0 aromatic heterocycles. The van der Waals surface area contributed by atoms with Crippen LogP contribution >= 0.6 is 0 Å². The molecule has 29 heavy (non-hydrogen) atoms. The van der Waals surface area contributed by atoms with Crippen molar-refractivity contribution in [3.05, 3.63) is 59.4 Å². The number of morpholine rings is 1. The van der Waals surface area contributed by atoms with E-state index in [1.807, 2.05) is 6.07 Å². The number of hydrogen-bond donors (Lipinski definition) is 1. The number of nitrogens with one attached hydrogen (secondary N) is 1. The lowest BCUT2D eigenvalue weighted by Gasteiger charge is -2.29. The number of amides is 1. The highest BCUT2D eigenvalue weighted by molar-refractivity contribution is 6.03. The number of carbonyl (C=O) groups is 2. The molecule has 1 saturated carbocycles. The van der Waals surface area contributed by atoms with Gasteiger partial charge in [0.1, 0.15) is 5.82 Å². The van der Waals surface area contributed by atoms with Crippen molar-refractivity contribution in [1.82, 2.24) is 0 Å². The highest BCUT2D eigenvalue weighted by Crippen LogP contribution is 2.48. The predicted octanol–water partition coefficient (Wildman–Crippen LogP) is 3.19. The van der Waals surface area contributed by atoms with E-state index < -0.39 is 5.97 Å². The second kappa shape index (κ2) is 8.21. The zero-order valence-electron chi connectivity index (χ0n) is 16.2. The van der Waals surface area contributed by atoms with E-state index in [1.165, 1.54) is 19.2 Å². The molecule has 1 aliphatic heterocycles. The van der Waals surface area contributed by atoms with Crippen LogP contribution in [0.2, 0.25) is 0 Å². The summed E-state index contributed by atoms with van der Waals surface area (Å²) in [6.45, 7) is 2.76. The Kier molecular flexibility index (Phi) is 5.49. The Morgan fingerprint density at radius 2 is 1.86 bits per heavy atom. The molecule has 4 rings (SSSR count). The molecule has 0 radical (unpaired) electrons. The van der Waals surface area contributed by atoms with Crippen LogP contribution in [0.25, 0.3) is 0 Å². The number of rotatable bonds is 5. The van der Waals surface area contributed by atoms with Gasteiger partial charge >= 0.3 is 5.97 Å². The van der Waals surface area contributed by atoms with Gasteiger partial charge in [-0.3, -0.25) is 4.79 Å². The molecule has 7 heteroatoms. The van der Waals surface area contributed by atoms with E-state index in [-0.39, 0.29) is 23.6 Å². The topological polar surface area (TPSA) is 67.9 Å². The minimum Gasteiger partial charge on any atom is -0.465 e. The summed E-state index contributed by atoms with van der Waals surface area (Å²) < 4.78 is 23.4. The monoisotopic (exact) mass is 398 g/mol. The Balaban J connectivity index is 1.49. The molecule has 2 fully saturated rings. The normalized spacial score (nSPS) is 20.8. The van der Waals surface area contributed by atoms with Gasteiger partial charge in [-0.15, -0.1) is 0 Å². The van der Waals surface area contributed by atoms with Crippen molar-refractivity contribution in [1.29, 1.82) is 0 Å². The quantitative estimate of drug-likeness (QED) is 0.784. The lowest BCUT2D eigenvalue weighted by molar-refractivity contribution is -0.117. The summed E-state index contributed by atoms with van der Waals surface area (Å²) in [5.74, 6) is -1.06. The summed E-state index contributed by atoms with van der Waals surface area (Å²) >= 11 is 0. The molecule has 2 aliphatic rings. The summed E-state index contributed by atoms with van der Waals surface area (Å²) in [6.07, 6.45) is 0.705. The number of ether oxygens (including phenoxy) is 2. The summed E-state index contributed by atoms with van der Waals surface area (Å²) in [6, 6.07) is 11.6. The van der Waals surface area contributed by atoms with Crippen molar-refractivity contribution < 1.29 is 23.5 Å². The Hall–Kier alpha value is -2.93. The molecule has 1 saturated heterocycles. The first kappa shape index (κ1) is 19.4. The molecular formula is C22H23FN2O4. The van der Waals surface area contributed by atoms with Crippen LogP contribution in [0.4, 0.5) is 15.8 Å². The molecule has 152 valence electrons. The van der Waals surface area contributed by atoms with E-state index in [1.54, 1.807) is 24.3 Å². The molecule has 1 heterocycles.